The lowest BCUT2D eigenvalue weighted by atomic mass is 10.3. The average Bonchev–Trinajstić information content (AvgIpc) is 2.13. The molecule has 1 aromatic rings. The molecule has 0 unspecified atom stereocenters. The van der Waals surface area contributed by atoms with Gasteiger partial charge in [-0.1, -0.05) is 18.2 Å². The van der Waals surface area contributed by atoms with Crippen molar-refractivity contribution < 1.29 is 0 Å². The molecule has 3 heteroatoms. The summed E-state index contributed by atoms with van der Waals surface area (Å²) in [5, 5.41) is 0.689. The Morgan fingerprint density at radius 1 is 1.70 bits per heavy atom. The first-order valence-corrected chi connectivity index (χ1v) is 4.75. The van der Waals surface area contributed by atoms with E-state index < -0.39 is 0 Å². The Morgan fingerprint density at radius 2 is 2.40 bits per heavy atom. The summed E-state index contributed by atoms with van der Waals surface area (Å²) in [6.07, 6.45) is 0.776. The van der Waals surface area contributed by atoms with Crippen LogP contribution in [0.5, 0.6) is 0 Å². The minimum atomic E-state index is 0.689. The molecule has 1 rings (SSSR count). The normalized spacial score (nSPS) is 9.80. The summed E-state index contributed by atoms with van der Waals surface area (Å²) in [6, 6.07) is 4.06. The van der Waals surface area contributed by atoms with Crippen molar-refractivity contribution in [2.24, 2.45) is 0 Å². The zero-order valence-electron chi connectivity index (χ0n) is 5.23. The number of halogens is 2. The first-order valence-electron chi connectivity index (χ1n) is 2.76. The quantitative estimate of drug-likeness (QED) is 0.734. The second-order valence-corrected chi connectivity index (χ2v) is 4.98. The standard InChI is InChI=1S/C7H6BrClS/c1-5(9)4-6-2-3-7(8)10-6/h2-3H,1,4H2. The van der Waals surface area contributed by atoms with Gasteiger partial charge in [0, 0.05) is 16.3 Å². The van der Waals surface area contributed by atoms with E-state index in [4.69, 9.17) is 11.6 Å². The lowest BCUT2D eigenvalue weighted by Gasteiger charge is -1.89. The highest BCUT2D eigenvalue weighted by molar-refractivity contribution is 9.11. The second kappa shape index (κ2) is 3.56. The third kappa shape index (κ3) is 2.45. The van der Waals surface area contributed by atoms with Crippen LogP contribution in [0.3, 0.4) is 0 Å². The van der Waals surface area contributed by atoms with Gasteiger partial charge >= 0.3 is 0 Å². The van der Waals surface area contributed by atoms with Gasteiger partial charge in [-0.15, -0.1) is 11.3 Å². The van der Waals surface area contributed by atoms with Crippen molar-refractivity contribution in [2.45, 2.75) is 6.42 Å². The van der Waals surface area contributed by atoms with Gasteiger partial charge in [-0.2, -0.15) is 0 Å². The van der Waals surface area contributed by atoms with Crippen LogP contribution >= 0.6 is 38.9 Å². The van der Waals surface area contributed by atoms with E-state index in [1.807, 2.05) is 12.1 Å². The molecule has 0 aliphatic heterocycles. The summed E-state index contributed by atoms with van der Waals surface area (Å²) in [4.78, 5) is 1.24. The third-order valence-electron chi connectivity index (χ3n) is 0.995. The van der Waals surface area contributed by atoms with Crippen LogP contribution < -0.4 is 0 Å². The van der Waals surface area contributed by atoms with Crippen molar-refractivity contribution in [2.75, 3.05) is 0 Å². The molecule has 0 fully saturated rings. The average molecular weight is 238 g/mol. The van der Waals surface area contributed by atoms with Gasteiger partial charge in [-0.3, -0.25) is 0 Å². The minimum absolute atomic E-state index is 0.689. The number of hydrogen-bond donors (Lipinski definition) is 0. The van der Waals surface area contributed by atoms with E-state index in [0.717, 1.165) is 10.2 Å². The van der Waals surface area contributed by atoms with E-state index in [1.54, 1.807) is 11.3 Å². The number of allylic oxidation sites excluding steroid dienone is 1. The highest BCUT2D eigenvalue weighted by Gasteiger charge is 1.97. The number of hydrogen-bond acceptors (Lipinski definition) is 1. The van der Waals surface area contributed by atoms with Crippen LogP contribution in [-0.2, 0) is 6.42 Å². The van der Waals surface area contributed by atoms with Gasteiger partial charge in [0.15, 0.2) is 0 Å². The smallest absolute Gasteiger partial charge is 0.0701 e. The van der Waals surface area contributed by atoms with Gasteiger partial charge in [0.2, 0.25) is 0 Å². The van der Waals surface area contributed by atoms with Gasteiger partial charge in [-0.25, -0.2) is 0 Å². The molecule has 0 N–H and O–H groups in total. The molecule has 0 atom stereocenters. The fraction of sp³-hybridized carbons (Fsp3) is 0.143. The summed E-state index contributed by atoms with van der Waals surface area (Å²) >= 11 is 10.7. The van der Waals surface area contributed by atoms with E-state index in [1.165, 1.54) is 4.88 Å². The van der Waals surface area contributed by atoms with Gasteiger partial charge in [0.1, 0.15) is 0 Å². The molecule has 1 aromatic heterocycles. The largest absolute Gasteiger partial charge is 0.133 e. The van der Waals surface area contributed by atoms with E-state index in [2.05, 4.69) is 22.5 Å². The number of rotatable bonds is 2. The zero-order chi connectivity index (χ0) is 7.56. The first-order chi connectivity index (χ1) is 4.68. The molecule has 0 spiro atoms. The summed E-state index contributed by atoms with van der Waals surface area (Å²) in [5.41, 5.74) is 0. The second-order valence-electron chi connectivity index (χ2n) is 1.90. The molecule has 0 saturated carbocycles. The van der Waals surface area contributed by atoms with Gasteiger partial charge in [0.05, 0.1) is 3.79 Å². The van der Waals surface area contributed by atoms with E-state index in [-0.39, 0.29) is 0 Å². The highest BCUT2D eigenvalue weighted by atomic mass is 79.9. The molecular weight excluding hydrogens is 232 g/mol. The molecule has 54 valence electrons. The topological polar surface area (TPSA) is 0 Å². The van der Waals surface area contributed by atoms with Crippen molar-refractivity contribution in [1.82, 2.24) is 0 Å². The molecule has 0 radical (unpaired) electrons. The zero-order valence-corrected chi connectivity index (χ0v) is 8.39. The Hall–Kier alpha value is 0.210. The van der Waals surface area contributed by atoms with Crippen LogP contribution in [0.15, 0.2) is 27.5 Å². The van der Waals surface area contributed by atoms with Crippen LogP contribution in [0.2, 0.25) is 0 Å². The lowest BCUT2D eigenvalue weighted by Crippen LogP contribution is -1.74. The Morgan fingerprint density at radius 3 is 2.80 bits per heavy atom. The van der Waals surface area contributed by atoms with Crippen LogP contribution in [0.1, 0.15) is 4.88 Å². The third-order valence-corrected chi connectivity index (χ3v) is 2.75. The van der Waals surface area contributed by atoms with Crippen molar-refractivity contribution in [3.63, 3.8) is 0 Å². The molecule has 0 aliphatic rings. The SMILES string of the molecule is C=C(Cl)Cc1ccc(Br)s1. The van der Waals surface area contributed by atoms with Crippen LogP contribution in [0.25, 0.3) is 0 Å². The lowest BCUT2D eigenvalue weighted by molar-refractivity contribution is 1.32. The Bertz CT molecular complexity index is 242. The summed E-state index contributed by atoms with van der Waals surface area (Å²) in [5.74, 6) is 0. The highest BCUT2D eigenvalue weighted by Crippen LogP contribution is 2.24. The fourth-order valence-corrected chi connectivity index (χ4v) is 2.38. The van der Waals surface area contributed by atoms with Crippen molar-refractivity contribution in [3.8, 4) is 0 Å². The maximum absolute atomic E-state index is 5.62. The van der Waals surface area contributed by atoms with Gasteiger partial charge in [0.25, 0.3) is 0 Å². The molecule has 1 heterocycles. The number of thiophene rings is 1. The van der Waals surface area contributed by atoms with Gasteiger partial charge < -0.3 is 0 Å². The molecule has 0 bridgehead atoms. The predicted octanol–water partition coefficient (Wildman–Crippen LogP) is 3.81. The van der Waals surface area contributed by atoms with Crippen LogP contribution in [-0.4, -0.2) is 0 Å². The van der Waals surface area contributed by atoms with E-state index in [0.29, 0.717) is 5.03 Å². The van der Waals surface area contributed by atoms with Crippen LogP contribution in [0, 0.1) is 0 Å². The molecular formula is C7H6BrClS. The maximum Gasteiger partial charge on any atom is 0.0701 e. The molecule has 0 nitrogen and oxygen atoms in total. The van der Waals surface area contributed by atoms with Crippen molar-refractivity contribution in [1.29, 1.82) is 0 Å². The first kappa shape index (κ1) is 8.31. The van der Waals surface area contributed by atoms with Crippen molar-refractivity contribution in [3.05, 3.63) is 32.4 Å². The Kier molecular flexibility index (Phi) is 2.96. The van der Waals surface area contributed by atoms with Crippen LogP contribution in [0.4, 0.5) is 0 Å². The Balaban J connectivity index is 2.67. The van der Waals surface area contributed by atoms with Gasteiger partial charge in [-0.05, 0) is 28.1 Å². The van der Waals surface area contributed by atoms with E-state index >= 15 is 0 Å². The van der Waals surface area contributed by atoms with E-state index in [9.17, 15) is 0 Å². The predicted molar refractivity (Wildman–Crippen MR) is 50.7 cm³/mol. The Labute approximate surface area is 77.6 Å². The molecule has 0 saturated heterocycles. The van der Waals surface area contributed by atoms with Crippen molar-refractivity contribution >= 4 is 38.9 Å². The summed E-state index contributed by atoms with van der Waals surface area (Å²) < 4.78 is 1.14. The molecule has 0 amide bonds. The fourth-order valence-electron chi connectivity index (χ4n) is 0.636. The molecule has 0 aromatic carbocycles. The summed E-state index contributed by atoms with van der Waals surface area (Å²) in [6.45, 7) is 3.62. The monoisotopic (exact) mass is 236 g/mol. The molecule has 10 heavy (non-hydrogen) atoms. The summed E-state index contributed by atoms with van der Waals surface area (Å²) in [7, 11) is 0. The molecule has 0 aliphatic carbocycles. The minimum Gasteiger partial charge on any atom is -0.133 e. The maximum atomic E-state index is 5.62.